The maximum Gasteiger partial charge on any atom is 0.500 e. The zero-order chi connectivity index (χ0) is 14.3. The summed E-state index contributed by atoms with van der Waals surface area (Å²) >= 11 is 0. The first kappa shape index (κ1) is 14.3. The van der Waals surface area contributed by atoms with E-state index in [1.165, 1.54) is 0 Å². The Morgan fingerprint density at radius 2 is 1.79 bits per heavy atom. The molecule has 0 aromatic carbocycles. The van der Waals surface area contributed by atoms with Crippen LogP contribution in [-0.4, -0.2) is 28.3 Å². The highest BCUT2D eigenvalue weighted by Gasteiger charge is 2.52. The first-order valence-electron chi connectivity index (χ1n) is 6.74. The molecule has 2 rings (SSSR count). The Morgan fingerprint density at radius 3 is 2.26 bits per heavy atom. The molecular weight excluding hydrogens is 241 g/mol. The molecule has 0 bridgehead atoms. The van der Waals surface area contributed by atoms with Crippen molar-refractivity contribution in [3.63, 3.8) is 0 Å². The fourth-order valence-electron chi connectivity index (χ4n) is 1.94. The zero-order valence-corrected chi connectivity index (χ0v) is 12.4. The van der Waals surface area contributed by atoms with Crippen LogP contribution in [-0.2, 0) is 15.7 Å². The summed E-state index contributed by atoms with van der Waals surface area (Å²) < 4.78 is 11.9. The van der Waals surface area contributed by atoms with E-state index in [-0.39, 0.29) is 11.2 Å². The van der Waals surface area contributed by atoms with Crippen LogP contribution in [0.5, 0.6) is 0 Å². The van der Waals surface area contributed by atoms with Crippen LogP contribution in [0.1, 0.15) is 46.9 Å². The molecule has 6 heteroatoms. The molecule has 1 aromatic heterocycles. The lowest BCUT2D eigenvalue weighted by atomic mass is 9.80. The van der Waals surface area contributed by atoms with Crippen LogP contribution in [0.25, 0.3) is 0 Å². The van der Waals surface area contributed by atoms with Crippen LogP contribution in [0, 0.1) is 0 Å². The van der Waals surface area contributed by atoms with Gasteiger partial charge in [-0.05, 0) is 34.1 Å². The van der Waals surface area contributed by atoms with Gasteiger partial charge in [0, 0.05) is 18.1 Å². The van der Waals surface area contributed by atoms with Crippen molar-refractivity contribution in [1.29, 1.82) is 0 Å². The average molecular weight is 263 g/mol. The van der Waals surface area contributed by atoms with Crippen LogP contribution < -0.4 is 11.2 Å². The predicted molar refractivity (Wildman–Crippen MR) is 76.2 cm³/mol. The highest BCUT2D eigenvalue weighted by atomic mass is 16.7. The monoisotopic (exact) mass is 263 g/mol. The third-order valence-corrected chi connectivity index (χ3v) is 3.88. The van der Waals surface area contributed by atoms with Gasteiger partial charge < -0.3 is 15.0 Å². The molecule has 0 amide bonds. The summed E-state index contributed by atoms with van der Waals surface area (Å²) in [5.41, 5.74) is 5.94. The molecule has 0 spiro atoms. The molecular formula is C13H22BN3O2. The largest absolute Gasteiger partial charge is 0.500 e. The van der Waals surface area contributed by atoms with Gasteiger partial charge in [-0.25, -0.2) is 9.97 Å². The van der Waals surface area contributed by atoms with E-state index in [1.807, 2.05) is 27.7 Å². The van der Waals surface area contributed by atoms with Crippen molar-refractivity contribution in [2.24, 2.45) is 0 Å². The first-order valence-corrected chi connectivity index (χ1v) is 6.74. The Balaban J connectivity index is 2.25. The van der Waals surface area contributed by atoms with E-state index in [9.17, 15) is 0 Å². The second kappa shape index (κ2) is 4.76. The van der Waals surface area contributed by atoms with Gasteiger partial charge in [-0.3, -0.25) is 0 Å². The Kier molecular flexibility index (Phi) is 3.58. The minimum atomic E-state index is -0.499. The summed E-state index contributed by atoms with van der Waals surface area (Å²) in [4.78, 5) is 8.63. The maximum atomic E-state index is 6.00. The molecule has 0 saturated carbocycles. The molecule has 1 fully saturated rings. The van der Waals surface area contributed by atoms with Gasteiger partial charge in [-0.1, -0.05) is 6.92 Å². The van der Waals surface area contributed by atoms with Crippen molar-refractivity contribution in [2.45, 2.75) is 58.7 Å². The molecule has 2 N–H and O–H groups in total. The molecule has 0 atom stereocenters. The number of nitrogens with zero attached hydrogens (tertiary/aromatic N) is 2. The smallest absolute Gasteiger partial charge is 0.399 e. The standard InChI is InChI=1S/C13H22BN3O2/c1-6-7-10-16-8-9(11(15)17-10)14-18-12(2,3)13(4,5)19-14/h8H,6-7H2,1-5H3,(H2,15,16,17). The van der Waals surface area contributed by atoms with Crippen molar-refractivity contribution < 1.29 is 9.31 Å². The number of hydrogen-bond donors (Lipinski definition) is 1. The quantitative estimate of drug-likeness (QED) is 0.832. The Morgan fingerprint density at radius 1 is 1.21 bits per heavy atom. The highest BCUT2D eigenvalue weighted by Crippen LogP contribution is 2.36. The third-order valence-electron chi connectivity index (χ3n) is 3.88. The van der Waals surface area contributed by atoms with Crippen molar-refractivity contribution in [3.05, 3.63) is 12.0 Å². The molecule has 19 heavy (non-hydrogen) atoms. The van der Waals surface area contributed by atoms with E-state index < -0.39 is 7.12 Å². The van der Waals surface area contributed by atoms with Gasteiger partial charge in [0.1, 0.15) is 11.6 Å². The fourth-order valence-corrected chi connectivity index (χ4v) is 1.94. The minimum Gasteiger partial charge on any atom is -0.399 e. The van der Waals surface area contributed by atoms with Crippen molar-refractivity contribution in [3.8, 4) is 0 Å². The van der Waals surface area contributed by atoms with Crippen LogP contribution >= 0.6 is 0 Å². The predicted octanol–water partition coefficient (Wildman–Crippen LogP) is 1.31. The van der Waals surface area contributed by atoms with E-state index in [4.69, 9.17) is 15.0 Å². The number of anilines is 1. The summed E-state index contributed by atoms with van der Waals surface area (Å²) in [5, 5.41) is 0. The number of hydrogen-bond acceptors (Lipinski definition) is 5. The first-order chi connectivity index (χ1) is 8.77. The summed E-state index contributed by atoms with van der Waals surface area (Å²) in [5.74, 6) is 1.21. The highest BCUT2D eigenvalue weighted by molar-refractivity contribution is 6.63. The van der Waals surface area contributed by atoms with Crippen LogP contribution in [0.15, 0.2) is 6.20 Å². The molecule has 5 nitrogen and oxygen atoms in total. The van der Waals surface area contributed by atoms with Crippen molar-refractivity contribution >= 4 is 18.4 Å². The van der Waals surface area contributed by atoms with Gasteiger partial charge in [-0.2, -0.15) is 0 Å². The Labute approximate surface area is 115 Å². The average Bonchev–Trinajstić information content (AvgIpc) is 2.48. The third kappa shape index (κ3) is 2.60. The van der Waals surface area contributed by atoms with E-state index in [1.54, 1.807) is 6.20 Å². The molecule has 0 aliphatic carbocycles. The van der Waals surface area contributed by atoms with Gasteiger partial charge in [0.15, 0.2) is 0 Å². The van der Waals surface area contributed by atoms with Crippen LogP contribution in [0.2, 0.25) is 0 Å². The Hall–Kier alpha value is -1.14. The number of aryl methyl sites for hydroxylation is 1. The molecule has 1 aliphatic rings. The molecule has 104 valence electrons. The van der Waals surface area contributed by atoms with E-state index >= 15 is 0 Å². The van der Waals surface area contributed by atoms with Gasteiger partial charge >= 0.3 is 7.12 Å². The lowest BCUT2D eigenvalue weighted by Crippen LogP contribution is -2.41. The fraction of sp³-hybridized carbons (Fsp3) is 0.692. The summed E-state index contributed by atoms with van der Waals surface area (Å²) in [6.45, 7) is 10.1. The Bertz CT molecular complexity index is 461. The van der Waals surface area contributed by atoms with Crippen molar-refractivity contribution in [1.82, 2.24) is 9.97 Å². The van der Waals surface area contributed by atoms with Crippen LogP contribution in [0.3, 0.4) is 0 Å². The van der Waals surface area contributed by atoms with E-state index in [2.05, 4.69) is 16.9 Å². The SMILES string of the molecule is CCCc1ncc(B2OC(C)(C)C(C)(C)O2)c(N)n1. The minimum absolute atomic E-state index is 0.383. The molecule has 1 aliphatic heterocycles. The van der Waals surface area contributed by atoms with Gasteiger partial charge in [-0.15, -0.1) is 0 Å². The summed E-state index contributed by atoms with van der Waals surface area (Å²) in [6.07, 6.45) is 3.54. The summed E-state index contributed by atoms with van der Waals surface area (Å²) in [7, 11) is -0.499. The van der Waals surface area contributed by atoms with Gasteiger partial charge in [0.25, 0.3) is 0 Å². The second-order valence-electron chi connectivity index (χ2n) is 5.97. The number of nitrogen functional groups attached to an aromatic ring is 1. The van der Waals surface area contributed by atoms with Gasteiger partial charge in [0.05, 0.1) is 11.2 Å². The summed E-state index contributed by atoms with van der Waals surface area (Å²) in [6, 6.07) is 0. The van der Waals surface area contributed by atoms with E-state index in [0.29, 0.717) is 11.3 Å². The van der Waals surface area contributed by atoms with Crippen LogP contribution in [0.4, 0.5) is 5.82 Å². The lowest BCUT2D eigenvalue weighted by molar-refractivity contribution is 0.00578. The number of aromatic nitrogens is 2. The maximum absolute atomic E-state index is 6.00. The normalized spacial score (nSPS) is 20.8. The molecule has 0 radical (unpaired) electrons. The molecule has 0 unspecified atom stereocenters. The molecule has 1 saturated heterocycles. The number of rotatable bonds is 3. The zero-order valence-electron chi connectivity index (χ0n) is 12.4. The van der Waals surface area contributed by atoms with Crippen molar-refractivity contribution in [2.75, 3.05) is 5.73 Å². The van der Waals surface area contributed by atoms with E-state index in [0.717, 1.165) is 18.7 Å². The second-order valence-corrected chi connectivity index (χ2v) is 5.97. The van der Waals surface area contributed by atoms with Gasteiger partial charge in [0.2, 0.25) is 0 Å². The molecule has 1 aromatic rings. The lowest BCUT2D eigenvalue weighted by Gasteiger charge is -2.32. The topological polar surface area (TPSA) is 70.3 Å². The number of nitrogens with two attached hydrogens (primary N) is 1. The molecule has 2 heterocycles.